The van der Waals surface area contributed by atoms with Crippen LogP contribution in [0.5, 0.6) is 11.5 Å². The van der Waals surface area contributed by atoms with Crippen LogP contribution in [0.15, 0.2) is 54.6 Å². The molecular weight excluding hydrogens is 473 g/mol. The van der Waals surface area contributed by atoms with Crippen molar-refractivity contribution in [3.05, 3.63) is 76.6 Å². The van der Waals surface area contributed by atoms with Crippen LogP contribution in [0, 0.1) is 0 Å². The summed E-state index contributed by atoms with van der Waals surface area (Å²) in [4.78, 5) is 16.9. The Hall–Kier alpha value is -3.79. The molecule has 0 saturated carbocycles. The number of rotatable bonds is 6. The SMILES string of the molecule is COc1ccc(CNC(=O)c2nn3c(C(F)(F)F)cc(-c4ccc(OC)cc4)nc3c2Cl)cc1. The van der Waals surface area contributed by atoms with Crippen LogP contribution in [0.2, 0.25) is 5.02 Å². The lowest BCUT2D eigenvalue weighted by atomic mass is 10.1. The third-order valence-corrected chi connectivity index (χ3v) is 5.38. The van der Waals surface area contributed by atoms with Crippen LogP contribution in [0.3, 0.4) is 0 Å². The molecule has 2 aromatic heterocycles. The van der Waals surface area contributed by atoms with Crippen molar-refractivity contribution in [1.29, 1.82) is 0 Å². The van der Waals surface area contributed by atoms with Gasteiger partial charge < -0.3 is 14.8 Å². The minimum absolute atomic E-state index is 0.0227. The first-order valence-corrected chi connectivity index (χ1v) is 10.3. The Bertz CT molecular complexity index is 1340. The number of methoxy groups -OCH3 is 2. The Morgan fingerprint density at radius 1 is 1.03 bits per heavy atom. The molecule has 0 aliphatic carbocycles. The summed E-state index contributed by atoms with van der Waals surface area (Å²) in [5.41, 5.74) is -0.563. The van der Waals surface area contributed by atoms with Crippen molar-refractivity contribution in [2.24, 2.45) is 0 Å². The van der Waals surface area contributed by atoms with E-state index >= 15 is 0 Å². The van der Waals surface area contributed by atoms with Gasteiger partial charge in [-0.2, -0.15) is 18.3 Å². The van der Waals surface area contributed by atoms with Crippen LogP contribution < -0.4 is 14.8 Å². The minimum atomic E-state index is -4.77. The smallest absolute Gasteiger partial charge is 0.433 e. The van der Waals surface area contributed by atoms with Gasteiger partial charge in [-0.3, -0.25) is 4.79 Å². The Balaban J connectivity index is 1.70. The highest BCUT2D eigenvalue weighted by Crippen LogP contribution is 2.35. The molecule has 7 nitrogen and oxygen atoms in total. The van der Waals surface area contributed by atoms with E-state index in [-0.39, 0.29) is 28.6 Å². The molecule has 4 rings (SSSR count). The second-order valence-corrected chi connectivity index (χ2v) is 7.56. The van der Waals surface area contributed by atoms with Gasteiger partial charge in [-0.05, 0) is 48.0 Å². The highest BCUT2D eigenvalue weighted by Gasteiger charge is 2.36. The van der Waals surface area contributed by atoms with E-state index in [1.165, 1.54) is 14.2 Å². The fraction of sp³-hybridized carbons (Fsp3) is 0.174. The third kappa shape index (κ3) is 4.62. The van der Waals surface area contributed by atoms with Gasteiger partial charge in [-0.25, -0.2) is 9.50 Å². The van der Waals surface area contributed by atoms with Gasteiger partial charge in [0.15, 0.2) is 17.0 Å². The highest BCUT2D eigenvalue weighted by molar-refractivity contribution is 6.36. The fourth-order valence-electron chi connectivity index (χ4n) is 3.26. The molecule has 0 bridgehead atoms. The van der Waals surface area contributed by atoms with Crippen molar-refractivity contribution >= 4 is 23.2 Å². The number of nitrogens with zero attached hydrogens (tertiary/aromatic N) is 3. The molecule has 0 aliphatic rings. The van der Waals surface area contributed by atoms with E-state index < -0.39 is 17.8 Å². The first kappa shape index (κ1) is 23.4. The Labute approximate surface area is 197 Å². The van der Waals surface area contributed by atoms with Gasteiger partial charge in [-0.1, -0.05) is 23.7 Å². The van der Waals surface area contributed by atoms with Crippen LogP contribution in [-0.2, 0) is 12.7 Å². The maximum atomic E-state index is 13.8. The van der Waals surface area contributed by atoms with Crippen LogP contribution in [0.25, 0.3) is 16.9 Å². The number of halogens is 4. The zero-order valence-electron chi connectivity index (χ0n) is 18.0. The molecule has 2 aromatic carbocycles. The summed E-state index contributed by atoms with van der Waals surface area (Å²) in [5.74, 6) is 0.460. The molecule has 0 radical (unpaired) electrons. The lowest BCUT2D eigenvalue weighted by molar-refractivity contribution is -0.142. The van der Waals surface area contributed by atoms with Gasteiger partial charge >= 0.3 is 6.18 Å². The number of amides is 1. The van der Waals surface area contributed by atoms with Crippen LogP contribution in [-0.4, -0.2) is 34.7 Å². The van der Waals surface area contributed by atoms with Gasteiger partial charge in [0.05, 0.1) is 19.9 Å². The van der Waals surface area contributed by atoms with E-state index in [1.54, 1.807) is 48.5 Å². The summed E-state index contributed by atoms with van der Waals surface area (Å²) in [6, 6.07) is 14.1. The zero-order valence-corrected chi connectivity index (χ0v) is 18.7. The Kier molecular flexibility index (Phi) is 6.34. The van der Waals surface area contributed by atoms with E-state index in [4.69, 9.17) is 21.1 Å². The molecule has 0 spiro atoms. The van der Waals surface area contributed by atoms with Crippen molar-refractivity contribution in [1.82, 2.24) is 19.9 Å². The van der Waals surface area contributed by atoms with Gasteiger partial charge in [0.25, 0.3) is 5.91 Å². The van der Waals surface area contributed by atoms with Crippen LogP contribution in [0.1, 0.15) is 21.7 Å². The molecule has 11 heteroatoms. The monoisotopic (exact) mass is 490 g/mol. The van der Waals surface area contributed by atoms with Gasteiger partial charge in [-0.15, -0.1) is 0 Å². The molecule has 2 heterocycles. The lowest BCUT2D eigenvalue weighted by Crippen LogP contribution is -2.23. The predicted molar refractivity (Wildman–Crippen MR) is 119 cm³/mol. The van der Waals surface area contributed by atoms with Crippen molar-refractivity contribution in [3.63, 3.8) is 0 Å². The number of aromatic nitrogens is 3. The number of benzene rings is 2. The molecule has 0 saturated heterocycles. The number of nitrogens with one attached hydrogen (secondary N) is 1. The summed E-state index contributed by atoms with van der Waals surface area (Å²) < 4.78 is 52.2. The average Bonchev–Trinajstić information content (AvgIpc) is 3.18. The lowest BCUT2D eigenvalue weighted by Gasteiger charge is -2.11. The van der Waals surface area contributed by atoms with Crippen molar-refractivity contribution in [2.75, 3.05) is 14.2 Å². The molecule has 4 aromatic rings. The summed E-state index contributed by atoms with van der Waals surface area (Å²) in [7, 11) is 3.01. The van der Waals surface area contributed by atoms with Crippen molar-refractivity contribution in [2.45, 2.75) is 12.7 Å². The fourth-order valence-corrected chi connectivity index (χ4v) is 3.50. The maximum Gasteiger partial charge on any atom is 0.433 e. The van der Waals surface area contributed by atoms with Crippen LogP contribution >= 0.6 is 11.6 Å². The number of carbonyl (C=O) groups is 1. The minimum Gasteiger partial charge on any atom is -0.497 e. The number of ether oxygens (including phenoxy) is 2. The average molecular weight is 491 g/mol. The predicted octanol–water partition coefficient (Wildman–Crippen LogP) is 5.02. The molecule has 0 aliphatic heterocycles. The highest BCUT2D eigenvalue weighted by atomic mass is 35.5. The summed E-state index contributed by atoms with van der Waals surface area (Å²) in [6.45, 7) is 0.115. The van der Waals surface area contributed by atoms with E-state index in [0.717, 1.165) is 11.6 Å². The van der Waals surface area contributed by atoms with Gasteiger partial charge in [0.2, 0.25) is 0 Å². The number of hydrogen-bond acceptors (Lipinski definition) is 5. The number of alkyl halides is 3. The largest absolute Gasteiger partial charge is 0.497 e. The van der Waals surface area contributed by atoms with Gasteiger partial charge in [0.1, 0.15) is 16.5 Å². The zero-order chi connectivity index (χ0) is 24.5. The summed E-state index contributed by atoms with van der Waals surface area (Å²) in [5, 5.41) is 6.16. The van der Waals surface area contributed by atoms with Crippen LogP contribution in [0.4, 0.5) is 13.2 Å². The molecule has 0 fully saturated rings. The summed E-state index contributed by atoms with van der Waals surface area (Å²) in [6.07, 6.45) is -4.77. The molecule has 0 unspecified atom stereocenters. The quantitative estimate of drug-likeness (QED) is 0.411. The van der Waals surface area contributed by atoms with Crippen molar-refractivity contribution in [3.8, 4) is 22.8 Å². The number of carbonyl (C=O) groups excluding carboxylic acids is 1. The van der Waals surface area contributed by atoms with E-state index in [1.807, 2.05) is 0 Å². The first-order valence-electron chi connectivity index (χ1n) is 9.93. The van der Waals surface area contributed by atoms with E-state index in [0.29, 0.717) is 21.6 Å². The van der Waals surface area contributed by atoms with E-state index in [2.05, 4.69) is 15.4 Å². The second kappa shape index (κ2) is 9.22. The summed E-state index contributed by atoms with van der Waals surface area (Å²) >= 11 is 6.29. The molecule has 1 amide bonds. The van der Waals surface area contributed by atoms with E-state index in [9.17, 15) is 18.0 Å². The molecular formula is C23H18ClF3N4O3. The molecule has 176 valence electrons. The molecule has 1 N–H and O–H groups in total. The number of fused-ring (bicyclic) bond motifs is 1. The maximum absolute atomic E-state index is 13.8. The Morgan fingerprint density at radius 3 is 2.18 bits per heavy atom. The molecule has 34 heavy (non-hydrogen) atoms. The number of hydrogen-bond donors (Lipinski definition) is 1. The first-order chi connectivity index (χ1) is 16.2. The normalized spacial score (nSPS) is 11.5. The molecule has 0 atom stereocenters. The standard InChI is InChI=1S/C23H18ClF3N4O3/c1-33-15-7-3-13(4-8-15)12-28-22(32)20-19(24)21-29-17(14-5-9-16(34-2)10-6-14)11-18(23(25,26)27)31(21)30-20/h3-11H,12H2,1-2H3,(H,28,32). The van der Waals surface area contributed by atoms with Gasteiger partial charge in [0, 0.05) is 12.1 Å². The Morgan fingerprint density at radius 2 is 1.62 bits per heavy atom. The van der Waals surface area contributed by atoms with Crippen molar-refractivity contribution < 1.29 is 27.4 Å². The topological polar surface area (TPSA) is 77.8 Å². The third-order valence-electron chi connectivity index (χ3n) is 5.04. The second-order valence-electron chi connectivity index (χ2n) is 7.18.